The van der Waals surface area contributed by atoms with Crippen LogP contribution in [-0.4, -0.2) is 38.7 Å². The fourth-order valence-electron chi connectivity index (χ4n) is 2.74. The second-order valence-electron chi connectivity index (χ2n) is 6.20. The van der Waals surface area contributed by atoms with Gasteiger partial charge in [0, 0.05) is 30.3 Å². The molecule has 0 radical (unpaired) electrons. The standard InChI is InChI=1S/C17H21N3O5S/c1-11-16(12(2)25-19-11)9-18-17(21)13-4-3-5-15(8-13)26(22,23)20-14-6-7-24-10-14/h3-5,8,14,20H,6-7,9-10H2,1-2H3,(H,18,21)/t14-/m0/s1. The largest absolute Gasteiger partial charge is 0.380 e. The Hall–Kier alpha value is -2.23. The van der Waals surface area contributed by atoms with Gasteiger partial charge in [-0.1, -0.05) is 11.2 Å². The first-order chi connectivity index (χ1) is 12.4. The molecule has 140 valence electrons. The maximum atomic E-state index is 12.5. The zero-order valence-corrected chi connectivity index (χ0v) is 15.4. The van der Waals surface area contributed by atoms with E-state index in [9.17, 15) is 13.2 Å². The van der Waals surface area contributed by atoms with Gasteiger partial charge in [0.25, 0.3) is 5.91 Å². The number of aromatic nitrogens is 1. The molecule has 1 aromatic heterocycles. The fourth-order valence-corrected chi connectivity index (χ4v) is 4.05. The van der Waals surface area contributed by atoms with Crippen LogP contribution in [0, 0.1) is 13.8 Å². The molecule has 2 N–H and O–H groups in total. The highest BCUT2D eigenvalue weighted by Gasteiger charge is 2.24. The van der Waals surface area contributed by atoms with E-state index in [1.807, 2.05) is 0 Å². The highest BCUT2D eigenvalue weighted by molar-refractivity contribution is 7.89. The lowest BCUT2D eigenvalue weighted by Gasteiger charge is -2.12. The van der Waals surface area contributed by atoms with Crippen LogP contribution in [0.25, 0.3) is 0 Å². The number of nitrogens with zero attached hydrogens (tertiary/aromatic N) is 1. The number of sulfonamides is 1. The Kier molecular flexibility index (Phi) is 5.40. The topological polar surface area (TPSA) is 111 Å². The van der Waals surface area contributed by atoms with E-state index in [4.69, 9.17) is 9.26 Å². The summed E-state index contributed by atoms with van der Waals surface area (Å²) in [4.78, 5) is 12.4. The van der Waals surface area contributed by atoms with Crippen molar-refractivity contribution in [1.29, 1.82) is 0 Å². The molecule has 0 aliphatic carbocycles. The van der Waals surface area contributed by atoms with Gasteiger partial charge in [0.15, 0.2) is 0 Å². The summed E-state index contributed by atoms with van der Waals surface area (Å²) in [5.41, 5.74) is 1.79. The van der Waals surface area contributed by atoms with E-state index >= 15 is 0 Å². The van der Waals surface area contributed by atoms with Gasteiger partial charge in [0.05, 0.1) is 17.2 Å². The molecule has 9 heteroatoms. The van der Waals surface area contributed by atoms with E-state index in [1.165, 1.54) is 12.1 Å². The molecule has 0 spiro atoms. The van der Waals surface area contributed by atoms with Crippen molar-refractivity contribution in [3.63, 3.8) is 0 Å². The van der Waals surface area contributed by atoms with E-state index in [1.54, 1.807) is 26.0 Å². The summed E-state index contributed by atoms with van der Waals surface area (Å²) in [5.74, 6) is 0.272. The SMILES string of the molecule is Cc1noc(C)c1CNC(=O)c1cccc(S(=O)(=O)N[C@H]2CCOC2)c1. The van der Waals surface area contributed by atoms with Crippen molar-refractivity contribution >= 4 is 15.9 Å². The van der Waals surface area contributed by atoms with Crippen molar-refractivity contribution < 1.29 is 22.5 Å². The molecule has 1 saturated heterocycles. The first-order valence-corrected chi connectivity index (χ1v) is 9.75. The lowest BCUT2D eigenvalue weighted by Crippen LogP contribution is -2.35. The van der Waals surface area contributed by atoms with Gasteiger partial charge in [-0.05, 0) is 38.5 Å². The minimum Gasteiger partial charge on any atom is -0.380 e. The van der Waals surface area contributed by atoms with Gasteiger partial charge >= 0.3 is 0 Å². The highest BCUT2D eigenvalue weighted by atomic mass is 32.2. The van der Waals surface area contributed by atoms with E-state index in [0.717, 1.165) is 5.56 Å². The first-order valence-electron chi connectivity index (χ1n) is 8.27. The molecule has 3 rings (SSSR count). The smallest absolute Gasteiger partial charge is 0.251 e. The zero-order chi connectivity index (χ0) is 18.7. The lowest BCUT2D eigenvalue weighted by atomic mass is 10.2. The van der Waals surface area contributed by atoms with Crippen LogP contribution in [0.15, 0.2) is 33.7 Å². The number of hydrogen-bond donors (Lipinski definition) is 2. The van der Waals surface area contributed by atoms with Gasteiger partial charge in [-0.15, -0.1) is 0 Å². The van der Waals surface area contributed by atoms with E-state index in [-0.39, 0.29) is 29.0 Å². The third-order valence-corrected chi connectivity index (χ3v) is 5.78. The van der Waals surface area contributed by atoms with Crippen LogP contribution < -0.4 is 10.0 Å². The quantitative estimate of drug-likeness (QED) is 0.782. The fraction of sp³-hybridized carbons (Fsp3) is 0.412. The number of carbonyl (C=O) groups excluding carboxylic acids is 1. The Morgan fingerprint density at radius 1 is 1.35 bits per heavy atom. The molecular weight excluding hydrogens is 358 g/mol. The summed E-state index contributed by atoms with van der Waals surface area (Å²) in [6.45, 7) is 4.72. The second-order valence-corrected chi connectivity index (χ2v) is 7.91. The van der Waals surface area contributed by atoms with E-state index < -0.39 is 10.0 Å². The molecular formula is C17H21N3O5S. The van der Waals surface area contributed by atoms with Gasteiger partial charge in [-0.2, -0.15) is 0 Å². The molecule has 1 amide bonds. The molecule has 0 saturated carbocycles. The van der Waals surface area contributed by atoms with Gasteiger partial charge < -0.3 is 14.6 Å². The number of rotatable bonds is 6. The summed E-state index contributed by atoms with van der Waals surface area (Å²) >= 11 is 0. The monoisotopic (exact) mass is 379 g/mol. The van der Waals surface area contributed by atoms with E-state index in [0.29, 0.717) is 31.1 Å². The van der Waals surface area contributed by atoms with Crippen molar-refractivity contribution in [2.24, 2.45) is 0 Å². The lowest BCUT2D eigenvalue weighted by molar-refractivity contribution is 0.0950. The Bertz CT molecular complexity index is 881. The average molecular weight is 379 g/mol. The predicted octanol–water partition coefficient (Wildman–Crippen LogP) is 1.29. The van der Waals surface area contributed by atoms with Crippen molar-refractivity contribution in [3.8, 4) is 0 Å². The number of nitrogens with one attached hydrogen (secondary N) is 2. The van der Waals surface area contributed by atoms with Crippen LogP contribution >= 0.6 is 0 Å². The molecule has 1 atom stereocenters. The molecule has 0 unspecified atom stereocenters. The second kappa shape index (κ2) is 7.56. The molecule has 8 nitrogen and oxygen atoms in total. The van der Waals surface area contributed by atoms with Crippen molar-refractivity contribution in [2.45, 2.75) is 37.8 Å². The molecule has 1 aliphatic rings. The minimum absolute atomic E-state index is 0.0504. The Morgan fingerprint density at radius 2 is 2.15 bits per heavy atom. The minimum atomic E-state index is -3.71. The van der Waals surface area contributed by atoms with Crippen molar-refractivity contribution in [3.05, 3.63) is 46.8 Å². The molecule has 2 heterocycles. The number of hydrogen-bond acceptors (Lipinski definition) is 6. The Balaban J connectivity index is 1.70. The molecule has 1 aliphatic heterocycles. The maximum absolute atomic E-state index is 12.5. The molecule has 0 bridgehead atoms. The van der Waals surface area contributed by atoms with Crippen LogP contribution in [0.1, 0.15) is 33.8 Å². The van der Waals surface area contributed by atoms with Gasteiger partial charge in [0.1, 0.15) is 5.76 Å². The van der Waals surface area contributed by atoms with E-state index in [2.05, 4.69) is 15.2 Å². The summed E-state index contributed by atoms with van der Waals surface area (Å²) in [6, 6.07) is 5.70. The number of benzene rings is 1. The van der Waals surface area contributed by atoms with Crippen LogP contribution in [0.4, 0.5) is 0 Å². The normalized spacial score (nSPS) is 17.4. The molecule has 1 aromatic carbocycles. The Labute approximate surface area is 152 Å². The van der Waals surface area contributed by atoms with Crippen LogP contribution in [0.3, 0.4) is 0 Å². The van der Waals surface area contributed by atoms with Crippen molar-refractivity contribution in [1.82, 2.24) is 15.2 Å². The number of carbonyl (C=O) groups is 1. The highest BCUT2D eigenvalue weighted by Crippen LogP contribution is 2.15. The van der Waals surface area contributed by atoms with Crippen LogP contribution in [-0.2, 0) is 21.3 Å². The number of ether oxygens (including phenoxy) is 1. The number of amides is 1. The third kappa shape index (κ3) is 4.12. The maximum Gasteiger partial charge on any atom is 0.251 e. The van der Waals surface area contributed by atoms with Crippen LogP contribution in [0.5, 0.6) is 0 Å². The van der Waals surface area contributed by atoms with Gasteiger partial charge in [0.2, 0.25) is 10.0 Å². The summed E-state index contributed by atoms with van der Waals surface area (Å²) in [5, 5.41) is 6.60. The summed E-state index contributed by atoms with van der Waals surface area (Å²) in [6.07, 6.45) is 0.636. The molecule has 26 heavy (non-hydrogen) atoms. The number of aryl methyl sites for hydroxylation is 2. The average Bonchev–Trinajstić information content (AvgIpc) is 3.23. The van der Waals surface area contributed by atoms with Crippen molar-refractivity contribution in [2.75, 3.05) is 13.2 Å². The van der Waals surface area contributed by atoms with Gasteiger partial charge in [-0.25, -0.2) is 13.1 Å². The van der Waals surface area contributed by atoms with Gasteiger partial charge in [-0.3, -0.25) is 4.79 Å². The summed E-state index contributed by atoms with van der Waals surface area (Å²) < 4.78 is 37.8. The first kappa shape index (κ1) is 18.6. The summed E-state index contributed by atoms with van der Waals surface area (Å²) in [7, 11) is -3.71. The van der Waals surface area contributed by atoms with Crippen LogP contribution in [0.2, 0.25) is 0 Å². The molecule has 2 aromatic rings. The predicted molar refractivity (Wildman–Crippen MR) is 93.1 cm³/mol. The Morgan fingerprint density at radius 3 is 2.81 bits per heavy atom. The third-order valence-electron chi connectivity index (χ3n) is 4.26. The zero-order valence-electron chi connectivity index (χ0n) is 14.6. The molecule has 1 fully saturated rings.